The van der Waals surface area contributed by atoms with Crippen molar-refractivity contribution in [3.63, 3.8) is 0 Å². The van der Waals surface area contributed by atoms with Crippen molar-refractivity contribution in [2.75, 3.05) is 13.1 Å². The Morgan fingerprint density at radius 1 is 1.06 bits per heavy atom. The lowest BCUT2D eigenvalue weighted by atomic mass is 9.85. The zero-order valence-corrected chi connectivity index (χ0v) is 11.8. The van der Waals surface area contributed by atoms with Crippen molar-refractivity contribution >= 4 is 5.78 Å². The summed E-state index contributed by atoms with van der Waals surface area (Å²) in [6.45, 7) is 14.3. The second-order valence-electron chi connectivity index (χ2n) is 4.50. The average molecular weight is 225 g/mol. The molecule has 94 valence electrons. The van der Waals surface area contributed by atoms with E-state index in [-0.39, 0.29) is 11.3 Å². The molecule has 0 amide bonds. The summed E-state index contributed by atoms with van der Waals surface area (Å²) in [7, 11) is 0. The number of likely N-dealkylation sites (N-methyl/N-ethyl adjacent to an activating group) is 1. The Balaban J connectivity index is 5.23. The van der Waals surface area contributed by atoms with Crippen LogP contribution in [0.15, 0.2) is 11.6 Å². The van der Waals surface area contributed by atoms with Crippen LogP contribution in [0.2, 0.25) is 0 Å². The van der Waals surface area contributed by atoms with Crippen LogP contribution in [0.4, 0.5) is 0 Å². The van der Waals surface area contributed by atoms with Gasteiger partial charge in [-0.15, -0.1) is 0 Å². The summed E-state index contributed by atoms with van der Waals surface area (Å²) in [4.78, 5) is 14.7. The van der Waals surface area contributed by atoms with Crippen molar-refractivity contribution in [3.05, 3.63) is 11.6 Å². The van der Waals surface area contributed by atoms with Gasteiger partial charge >= 0.3 is 0 Å². The molecular formula is C14H27NO. The molecule has 0 aliphatic carbocycles. The minimum atomic E-state index is -0.291. The third-order valence-corrected chi connectivity index (χ3v) is 3.42. The van der Waals surface area contributed by atoms with Crippen LogP contribution in [0.3, 0.4) is 0 Å². The highest BCUT2D eigenvalue weighted by Gasteiger charge is 2.37. The van der Waals surface area contributed by atoms with Gasteiger partial charge in [-0.25, -0.2) is 0 Å². The van der Waals surface area contributed by atoms with E-state index < -0.39 is 0 Å². The number of nitrogens with zero attached hydrogens (tertiary/aromatic N) is 1. The highest BCUT2D eigenvalue weighted by molar-refractivity contribution is 5.98. The fourth-order valence-corrected chi connectivity index (χ4v) is 2.43. The van der Waals surface area contributed by atoms with Crippen molar-refractivity contribution in [2.24, 2.45) is 0 Å². The van der Waals surface area contributed by atoms with Gasteiger partial charge in [0.1, 0.15) is 0 Å². The monoisotopic (exact) mass is 225 g/mol. The van der Waals surface area contributed by atoms with Gasteiger partial charge in [-0.2, -0.15) is 0 Å². The largest absolute Gasteiger partial charge is 0.293 e. The molecule has 0 aliphatic heterocycles. The molecule has 0 aliphatic rings. The predicted octanol–water partition coefficient (Wildman–Crippen LogP) is 3.42. The van der Waals surface area contributed by atoms with Gasteiger partial charge in [0.25, 0.3) is 0 Å². The van der Waals surface area contributed by atoms with Gasteiger partial charge in [0.05, 0.1) is 5.54 Å². The smallest absolute Gasteiger partial charge is 0.175 e. The van der Waals surface area contributed by atoms with Gasteiger partial charge in [-0.1, -0.05) is 33.3 Å². The van der Waals surface area contributed by atoms with Crippen molar-refractivity contribution in [1.29, 1.82) is 0 Å². The standard InChI is InChI=1S/C14H27NO/c1-7-14(8-2,15(9-3)10-4)13(16)11-12(5)6/h11H,7-10H2,1-6H3. The van der Waals surface area contributed by atoms with Gasteiger partial charge in [0.2, 0.25) is 0 Å². The lowest BCUT2D eigenvalue weighted by Gasteiger charge is -2.40. The number of carbonyl (C=O) groups is 1. The van der Waals surface area contributed by atoms with Crippen molar-refractivity contribution < 1.29 is 4.79 Å². The number of carbonyl (C=O) groups excluding carboxylic acids is 1. The molecular weight excluding hydrogens is 198 g/mol. The van der Waals surface area contributed by atoms with Crippen LogP contribution in [0.5, 0.6) is 0 Å². The fraction of sp³-hybridized carbons (Fsp3) is 0.786. The second kappa shape index (κ2) is 6.85. The normalized spacial score (nSPS) is 11.7. The predicted molar refractivity (Wildman–Crippen MR) is 70.7 cm³/mol. The van der Waals surface area contributed by atoms with Gasteiger partial charge in [-0.3, -0.25) is 9.69 Å². The molecule has 0 spiro atoms. The molecule has 0 saturated carbocycles. The molecule has 0 aromatic heterocycles. The zero-order valence-electron chi connectivity index (χ0n) is 11.8. The molecule has 0 aromatic rings. The Hall–Kier alpha value is -0.630. The summed E-state index contributed by atoms with van der Waals surface area (Å²) < 4.78 is 0. The van der Waals surface area contributed by atoms with Crippen LogP contribution in [0.1, 0.15) is 54.4 Å². The fourth-order valence-electron chi connectivity index (χ4n) is 2.43. The van der Waals surface area contributed by atoms with Crippen LogP contribution in [-0.2, 0) is 4.79 Å². The number of hydrogen-bond donors (Lipinski definition) is 0. The Bertz CT molecular complexity index is 243. The summed E-state index contributed by atoms with van der Waals surface area (Å²) in [6, 6.07) is 0. The molecule has 0 atom stereocenters. The maximum Gasteiger partial charge on any atom is 0.175 e. The molecule has 0 saturated heterocycles. The average Bonchev–Trinajstić information content (AvgIpc) is 2.24. The quantitative estimate of drug-likeness (QED) is 0.619. The van der Waals surface area contributed by atoms with E-state index in [0.717, 1.165) is 31.5 Å². The van der Waals surface area contributed by atoms with Gasteiger partial charge in [0.15, 0.2) is 5.78 Å². The first-order chi connectivity index (χ1) is 7.48. The number of hydrogen-bond acceptors (Lipinski definition) is 2. The maximum absolute atomic E-state index is 12.4. The van der Waals surface area contributed by atoms with Crippen LogP contribution in [0, 0.1) is 0 Å². The van der Waals surface area contributed by atoms with Crippen molar-refractivity contribution in [3.8, 4) is 0 Å². The van der Waals surface area contributed by atoms with Gasteiger partial charge < -0.3 is 0 Å². The third-order valence-electron chi connectivity index (χ3n) is 3.42. The van der Waals surface area contributed by atoms with E-state index in [1.54, 1.807) is 6.08 Å². The number of ketones is 1. The first-order valence-corrected chi connectivity index (χ1v) is 6.42. The Morgan fingerprint density at radius 2 is 1.50 bits per heavy atom. The molecule has 0 aromatic carbocycles. The molecule has 0 radical (unpaired) electrons. The highest BCUT2D eigenvalue weighted by Crippen LogP contribution is 2.26. The highest BCUT2D eigenvalue weighted by atomic mass is 16.1. The van der Waals surface area contributed by atoms with Gasteiger partial charge in [0, 0.05) is 0 Å². The molecule has 16 heavy (non-hydrogen) atoms. The Kier molecular flexibility index (Phi) is 6.58. The van der Waals surface area contributed by atoms with E-state index in [1.165, 1.54) is 0 Å². The van der Waals surface area contributed by atoms with Gasteiger partial charge in [-0.05, 0) is 45.9 Å². The topological polar surface area (TPSA) is 20.3 Å². The van der Waals surface area contributed by atoms with E-state index in [9.17, 15) is 4.79 Å². The Morgan fingerprint density at radius 3 is 1.75 bits per heavy atom. The summed E-state index contributed by atoms with van der Waals surface area (Å²) in [5.41, 5.74) is 0.796. The third kappa shape index (κ3) is 3.18. The lowest BCUT2D eigenvalue weighted by molar-refractivity contribution is -0.127. The van der Waals surface area contributed by atoms with E-state index in [1.807, 2.05) is 13.8 Å². The Labute approximate surface area is 101 Å². The van der Waals surface area contributed by atoms with Crippen LogP contribution >= 0.6 is 0 Å². The summed E-state index contributed by atoms with van der Waals surface area (Å²) in [6.07, 6.45) is 3.56. The minimum absolute atomic E-state index is 0.265. The molecule has 0 unspecified atom stereocenters. The minimum Gasteiger partial charge on any atom is -0.293 e. The maximum atomic E-state index is 12.4. The SMILES string of the molecule is CCN(CC)C(CC)(CC)C(=O)C=C(C)C. The number of rotatable bonds is 7. The lowest BCUT2D eigenvalue weighted by Crippen LogP contribution is -2.53. The summed E-state index contributed by atoms with van der Waals surface area (Å²) in [5, 5.41) is 0. The van der Waals surface area contributed by atoms with E-state index in [4.69, 9.17) is 0 Å². The number of allylic oxidation sites excluding steroid dienone is 1. The molecule has 0 heterocycles. The molecule has 0 fully saturated rings. The summed E-state index contributed by atoms with van der Waals surface area (Å²) in [5.74, 6) is 0.265. The van der Waals surface area contributed by atoms with E-state index in [0.29, 0.717) is 0 Å². The molecule has 0 rings (SSSR count). The first-order valence-electron chi connectivity index (χ1n) is 6.42. The molecule has 2 heteroatoms. The second-order valence-corrected chi connectivity index (χ2v) is 4.50. The zero-order chi connectivity index (χ0) is 12.8. The van der Waals surface area contributed by atoms with Crippen molar-refractivity contribution in [2.45, 2.75) is 59.9 Å². The van der Waals surface area contributed by atoms with Crippen LogP contribution in [-0.4, -0.2) is 29.3 Å². The first kappa shape index (κ1) is 15.4. The van der Waals surface area contributed by atoms with Crippen molar-refractivity contribution in [1.82, 2.24) is 4.90 Å². The van der Waals surface area contributed by atoms with E-state index >= 15 is 0 Å². The van der Waals surface area contributed by atoms with Crippen LogP contribution in [0.25, 0.3) is 0 Å². The summed E-state index contributed by atoms with van der Waals surface area (Å²) >= 11 is 0. The van der Waals surface area contributed by atoms with Crippen LogP contribution < -0.4 is 0 Å². The molecule has 2 nitrogen and oxygen atoms in total. The molecule has 0 N–H and O–H groups in total. The van der Waals surface area contributed by atoms with E-state index in [2.05, 4.69) is 32.6 Å². The molecule has 0 bridgehead atoms.